The minimum absolute atomic E-state index is 0.0952. The maximum Gasteiger partial charge on any atom is 0.254 e. The second-order valence-electron chi connectivity index (χ2n) is 7.13. The Labute approximate surface area is 153 Å². The first-order valence-electron chi connectivity index (χ1n) is 9.28. The Hall–Kier alpha value is -2.75. The third-order valence-electron chi connectivity index (χ3n) is 5.56. The maximum atomic E-state index is 13.2. The van der Waals surface area contributed by atoms with Crippen LogP contribution >= 0.6 is 0 Å². The smallest absolute Gasteiger partial charge is 0.254 e. The van der Waals surface area contributed by atoms with Crippen molar-refractivity contribution < 1.29 is 14.3 Å². The Kier molecular flexibility index (Phi) is 3.70. The molecule has 2 aromatic carbocycles. The lowest BCUT2D eigenvalue weighted by atomic mass is 9.94. The van der Waals surface area contributed by atoms with Crippen LogP contribution in [0.15, 0.2) is 54.6 Å². The Morgan fingerprint density at radius 1 is 0.962 bits per heavy atom. The molecular weight excluding hydrogens is 326 g/mol. The molecule has 1 amide bonds. The predicted octanol–water partition coefficient (Wildman–Crippen LogP) is 3.92. The van der Waals surface area contributed by atoms with E-state index in [-0.39, 0.29) is 18.0 Å². The number of ether oxygens (including phenoxy) is 2. The maximum absolute atomic E-state index is 13.2. The zero-order valence-corrected chi connectivity index (χ0v) is 14.6. The second-order valence-corrected chi connectivity index (χ2v) is 7.13. The van der Waals surface area contributed by atoms with E-state index in [0.717, 1.165) is 25.0 Å². The van der Waals surface area contributed by atoms with Crippen LogP contribution < -0.4 is 9.47 Å². The lowest BCUT2D eigenvalue weighted by Gasteiger charge is -2.34. The molecule has 2 bridgehead atoms. The van der Waals surface area contributed by atoms with E-state index in [1.54, 1.807) is 0 Å². The highest BCUT2D eigenvalue weighted by Crippen LogP contribution is 2.40. The van der Waals surface area contributed by atoms with E-state index in [4.69, 9.17) is 9.47 Å². The van der Waals surface area contributed by atoms with Crippen molar-refractivity contribution in [1.29, 1.82) is 0 Å². The highest BCUT2D eigenvalue weighted by molar-refractivity contribution is 5.96. The third kappa shape index (κ3) is 2.57. The van der Waals surface area contributed by atoms with Gasteiger partial charge in [-0.1, -0.05) is 36.4 Å². The van der Waals surface area contributed by atoms with Crippen molar-refractivity contribution in [2.24, 2.45) is 0 Å². The highest BCUT2D eigenvalue weighted by atomic mass is 16.6. The molecular formula is C22H21NO3. The van der Waals surface area contributed by atoms with Crippen LogP contribution in [0.25, 0.3) is 5.57 Å². The van der Waals surface area contributed by atoms with E-state index >= 15 is 0 Å². The molecule has 3 heterocycles. The Bertz CT molecular complexity index is 874. The number of nitrogens with zero attached hydrogens (tertiary/aromatic N) is 1. The largest absolute Gasteiger partial charge is 0.486 e. The molecule has 132 valence electrons. The van der Waals surface area contributed by atoms with Crippen LogP contribution in [-0.4, -0.2) is 36.1 Å². The lowest BCUT2D eigenvalue weighted by Crippen LogP contribution is -2.43. The second kappa shape index (κ2) is 6.20. The molecule has 3 aliphatic rings. The summed E-state index contributed by atoms with van der Waals surface area (Å²) in [5.74, 6) is 1.49. The van der Waals surface area contributed by atoms with Crippen LogP contribution in [0.1, 0.15) is 35.2 Å². The topological polar surface area (TPSA) is 38.8 Å². The average Bonchev–Trinajstić information content (AvgIpc) is 2.97. The number of amides is 1. The Balaban J connectivity index is 1.43. The molecule has 1 fully saturated rings. The van der Waals surface area contributed by atoms with Crippen LogP contribution in [0.3, 0.4) is 0 Å². The van der Waals surface area contributed by atoms with E-state index < -0.39 is 0 Å². The molecule has 0 radical (unpaired) electrons. The standard InChI is InChI=1S/C22H21NO3/c24-22(16-6-9-20-21(14-16)26-11-10-25-20)23-18-7-8-19(23)13-17(12-18)15-4-2-1-3-5-15/h1-6,9,12,14,18-19H,7-8,10-11,13H2. The summed E-state index contributed by atoms with van der Waals surface area (Å²) in [6.07, 6.45) is 5.32. The van der Waals surface area contributed by atoms with Crippen molar-refractivity contribution in [3.63, 3.8) is 0 Å². The summed E-state index contributed by atoms with van der Waals surface area (Å²) in [5.41, 5.74) is 3.32. The minimum atomic E-state index is 0.0952. The monoisotopic (exact) mass is 347 g/mol. The zero-order chi connectivity index (χ0) is 17.5. The van der Waals surface area contributed by atoms with Crippen molar-refractivity contribution >= 4 is 11.5 Å². The van der Waals surface area contributed by atoms with E-state index in [9.17, 15) is 4.79 Å². The fraction of sp³-hybridized carbons (Fsp3) is 0.318. The van der Waals surface area contributed by atoms with E-state index in [1.165, 1.54) is 11.1 Å². The first kappa shape index (κ1) is 15.5. The summed E-state index contributed by atoms with van der Waals surface area (Å²) in [7, 11) is 0. The van der Waals surface area contributed by atoms with Gasteiger partial charge in [-0.25, -0.2) is 0 Å². The van der Waals surface area contributed by atoms with E-state index in [1.807, 2.05) is 24.3 Å². The van der Waals surface area contributed by atoms with E-state index in [2.05, 4.69) is 35.2 Å². The molecule has 4 nitrogen and oxygen atoms in total. The van der Waals surface area contributed by atoms with Gasteiger partial charge in [-0.15, -0.1) is 0 Å². The van der Waals surface area contributed by atoms with Crippen molar-refractivity contribution in [2.75, 3.05) is 13.2 Å². The molecule has 2 unspecified atom stereocenters. The Morgan fingerprint density at radius 3 is 2.58 bits per heavy atom. The Morgan fingerprint density at radius 2 is 1.77 bits per heavy atom. The first-order chi connectivity index (χ1) is 12.8. The van der Waals surface area contributed by atoms with Crippen molar-refractivity contribution in [3.8, 4) is 11.5 Å². The summed E-state index contributed by atoms with van der Waals surface area (Å²) in [6, 6.07) is 16.5. The first-order valence-corrected chi connectivity index (χ1v) is 9.28. The SMILES string of the molecule is O=C(c1ccc2c(c1)OCCO2)N1C2C=C(c3ccccc3)CC1CC2. The molecule has 0 saturated carbocycles. The summed E-state index contributed by atoms with van der Waals surface area (Å²) >= 11 is 0. The molecule has 0 aromatic heterocycles. The van der Waals surface area contributed by atoms with Crippen LogP contribution in [-0.2, 0) is 0 Å². The number of fused-ring (bicyclic) bond motifs is 3. The van der Waals surface area contributed by atoms with Gasteiger partial charge in [-0.2, -0.15) is 0 Å². The number of hydrogen-bond donors (Lipinski definition) is 0. The van der Waals surface area contributed by atoms with Crippen molar-refractivity contribution in [1.82, 2.24) is 4.90 Å². The minimum Gasteiger partial charge on any atom is -0.486 e. The molecule has 0 N–H and O–H groups in total. The fourth-order valence-electron chi connectivity index (χ4n) is 4.34. The van der Waals surface area contributed by atoms with E-state index in [0.29, 0.717) is 24.5 Å². The summed E-state index contributed by atoms with van der Waals surface area (Å²) in [6.45, 7) is 1.09. The molecule has 3 aliphatic heterocycles. The molecule has 0 aliphatic carbocycles. The van der Waals surface area contributed by atoms with Gasteiger partial charge in [0.15, 0.2) is 11.5 Å². The molecule has 2 aromatic rings. The van der Waals surface area contributed by atoms with Gasteiger partial charge in [-0.3, -0.25) is 4.79 Å². The van der Waals surface area contributed by atoms with Crippen LogP contribution in [0, 0.1) is 0 Å². The fourth-order valence-corrected chi connectivity index (χ4v) is 4.34. The molecule has 1 saturated heterocycles. The van der Waals surface area contributed by atoms with Gasteiger partial charge in [0.05, 0.1) is 6.04 Å². The van der Waals surface area contributed by atoms with Crippen LogP contribution in [0.5, 0.6) is 11.5 Å². The van der Waals surface area contributed by atoms with Gasteiger partial charge < -0.3 is 14.4 Å². The zero-order valence-electron chi connectivity index (χ0n) is 14.6. The number of carbonyl (C=O) groups excluding carboxylic acids is 1. The van der Waals surface area contributed by atoms with Crippen LogP contribution in [0.2, 0.25) is 0 Å². The van der Waals surface area contributed by atoms with Gasteiger partial charge in [0.25, 0.3) is 5.91 Å². The lowest BCUT2D eigenvalue weighted by molar-refractivity contribution is 0.0691. The number of carbonyl (C=O) groups is 1. The molecule has 5 rings (SSSR count). The highest BCUT2D eigenvalue weighted by Gasteiger charge is 2.40. The van der Waals surface area contributed by atoms with Gasteiger partial charge in [0.1, 0.15) is 13.2 Å². The van der Waals surface area contributed by atoms with Gasteiger partial charge in [-0.05, 0) is 48.6 Å². The molecule has 4 heteroatoms. The van der Waals surface area contributed by atoms with Crippen molar-refractivity contribution in [3.05, 3.63) is 65.7 Å². The van der Waals surface area contributed by atoms with Crippen LogP contribution in [0.4, 0.5) is 0 Å². The van der Waals surface area contributed by atoms with Gasteiger partial charge in [0.2, 0.25) is 0 Å². The summed E-state index contributed by atoms with van der Waals surface area (Å²) < 4.78 is 11.2. The molecule has 2 atom stereocenters. The summed E-state index contributed by atoms with van der Waals surface area (Å²) in [5, 5.41) is 0. The number of hydrogen-bond acceptors (Lipinski definition) is 3. The predicted molar refractivity (Wildman–Crippen MR) is 99.4 cm³/mol. The molecule has 0 spiro atoms. The summed E-state index contributed by atoms with van der Waals surface area (Å²) in [4.78, 5) is 15.3. The average molecular weight is 347 g/mol. The normalized spacial score (nSPS) is 23.5. The van der Waals surface area contributed by atoms with Gasteiger partial charge >= 0.3 is 0 Å². The molecule has 26 heavy (non-hydrogen) atoms. The number of benzene rings is 2. The van der Waals surface area contributed by atoms with Crippen molar-refractivity contribution in [2.45, 2.75) is 31.3 Å². The quantitative estimate of drug-likeness (QED) is 0.826. The third-order valence-corrected chi connectivity index (χ3v) is 5.56. The number of rotatable bonds is 2. The van der Waals surface area contributed by atoms with Gasteiger partial charge in [0, 0.05) is 11.6 Å².